The number of imide groups is 1. The summed E-state index contributed by atoms with van der Waals surface area (Å²) in [6, 6.07) is 0. The molecule has 0 aromatic heterocycles. The lowest BCUT2D eigenvalue weighted by molar-refractivity contribution is -0.111. The molecule has 0 bridgehead atoms. The van der Waals surface area contributed by atoms with Gasteiger partial charge in [-0.15, -0.1) is 0 Å². The summed E-state index contributed by atoms with van der Waals surface area (Å²) in [6.07, 6.45) is -0.394. The van der Waals surface area contributed by atoms with Gasteiger partial charge in [0.15, 0.2) is 0 Å². The van der Waals surface area contributed by atoms with Crippen molar-refractivity contribution in [1.82, 2.24) is 4.90 Å². The van der Waals surface area contributed by atoms with Crippen LogP contribution in [0.4, 0.5) is 9.59 Å². The topological polar surface area (TPSA) is 72.9 Å². The third-order valence-electron chi connectivity index (χ3n) is 2.27. The van der Waals surface area contributed by atoms with Crippen LogP contribution in [0.15, 0.2) is 0 Å². The number of ether oxygens (including phenoxy) is 2. The van der Waals surface area contributed by atoms with Crippen molar-refractivity contribution in [2.75, 3.05) is 6.54 Å². The Morgan fingerprint density at radius 1 is 1.00 bits per heavy atom. The zero-order valence-electron chi connectivity index (χ0n) is 14.1. The van der Waals surface area contributed by atoms with Gasteiger partial charge in [-0.25, -0.2) is 14.5 Å². The molecule has 0 rings (SSSR count). The first-order valence-electron chi connectivity index (χ1n) is 7.04. The Labute approximate surface area is 126 Å². The van der Waals surface area contributed by atoms with E-state index in [9.17, 15) is 14.4 Å². The predicted octanol–water partition coefficient (Wildman–Crippen LogP) is 3.38. The van der Waals surface area contributed by atoms with E-state index in [0.29, 0.717) is 6.42 Å². The number of hydrogen-bond acceptors (Lipinski definition) is 5. The molecule has 0 aromatic carbocycles. The highest BCUT2D eigenvalue weighted by Crippen LogP contribution is 2.15. The Morgan fingerprint density at radius 2 is 1.38 bits per heavy atom. The number of carbonyl (C=O) groups excluding carboxylic acids is 3. The number of rotatable bonds is 4. The lowest BCUT2D eigenvalue weighted by Gasteiger charge is -2.28. The van der Waals surface area contributed by atoms with Gasteiger partial charge in [-0.2, -0.15) is 0 Å². The SMILES string of the molecule is CC(C=O)CCN(C(=O)OC(C)(C)C)C(=O)OC(C)(C)C. The minimum Gasteiger partial charge on any atom is -0.443 e. The number of carbonyl (C=O) groups is 3. The Hall–Kier alpha value is -1.59. The van der Waals surface area contributed by atoms with E-state index >= 15 is 0 Å². The molecule has 0 fully saturated rings. The minimum atomic E-state index is -0.769. The largest absolute Gasteiger partial charge is 0.443 e. The van der Waals surface area contributed by atoms with Crippen molar-refractivity contribution in [3.8, 4) is 0 Å². The molecule has 0 aliphatic rings. The highest BCUT2D eigenvalue weighted by atomic mass is 16.6. The summed E-state index contributed by atoms with van der Waals surface area (Å²) in [5.41, 5.74) is -1.43. The summed E-state index contributed by atoms with van der Waals surface area (Å²) < 4.78 is 10.4. The predicted molar refractivity (Wildman–Crippen MR) is 79.0 cm³/mol. The molecule has 0 radical (unpaired) electrons. The lowest BCUT2D eigenvalue weighted by atomic mass is 10.1. The normalized spacial score (nSPS) is 13.3. The van der Waals surface area contributed by atoms with Crippen molar-refractivity contribution in [3.05, 3.63) is 0 Å². The molecule has 122 valence electrons. The highest BCUT2D eigenvalue weighted by molar-refractivity contribution is 5.88. The van der Waals surface area contributed by atoms with Crippen LogP contribution in [0.25, 0.3) is 0 Å². The van der Waals surface area contributed by atoms with Crippen molar-refractivity contribution in [2.45, 2.75) is 66.1 Å². The second-order valence-electron chi connectivity index (χ2n) is 7.01. The van der Waals surface area contributed by atoms with E-state index in [-0.39, 0.29) is 12.5 Å². The second-order valence-corrected chi connectivity index (χ2v) is 7.01. The van der Waals surface area contributed by atoms with Gasteiger partial charge < -0.3 is 14.3 Å². The van der Waals surface area contributed by atoms with Gasteiger partial charge in [0.2, 0.25) is 0 Å². The smallest absolute Gasteiger partial charge is 0.419 e. The molecule has 1 unspecified atom stereocenters. The molecule has 21 heavy (non-hydrogen) atoms. The van der Waals surface area contributed by atoms with Crippen LogP contribution in [0.1, 0.15) is 54.9 Å². The van der Waals surface area contributed by atoms with Gasteiger partial charge in [0.1, 0.15) is 17.5 Å². The van der Waals surface area contributed by atoms with E-state index in [1.807, 2.05) is 0 Å². The van der Waals surface area contributed by atoms with Crippen LogP contribution in [0.2, 0.25) is 0 Å². The average Bonchev–Trinajstić information content (AvgIpc) is 2.23. The second kappa shape index (κ2) is 7.43. The first-order valence-corrected chi connectivity index (χ1v) is 7.04. The molecule has 0 saturated heterocycles. The Bertz CT molecular complexity index is 351. The van der Waals surface area contributed by atoms with Crippen molar-refractivity contribution in [3.63, 3.8) is 0 Å². The zero-order chi connectivity index (χ0) is 16.8. The molecule has 2 amide bonds. The lowest BCUT2D eigenvalue weighted by Crippen LogP contribution is -2.44. The van der Waals surface area contributed by atoms with Gasteiger partial charge in [0, 0.05) is 12.5 Å². The summed E-state index contributed by atoms with van der Waals surface area (Å²) in [5.74, 6) is -0.252. The first-order chi connectivity index (χ1) is 9.35. The fraction of sp³-hybridized carbons (Fsp3) is 0.800. The minimum absolute atomic E-state index is 0.0731. The van der Waals surface area contributed by atoms with Crippen molar-refractivity contribution >= 4 is 18.5 Å². The van der Waals surface area contributed by atoms with Gasteiger partial charge >= 0.3 is 12.2 Å². The molecule has 0 aliphatic carbocycles. The molecule has 6 heteroatoms. The Morgan fingerprint density at radius 3 is 1.67 bits per heavy atom. The average molecular weight is 301 g/mol. The number of nitrogens with zero attached hydrogens (tertiary/aromatic N) is 1. The summed E-state index contributed by atoms with van der Waals surface area (Å²) >= 11 is 0. The highest BCUT2D eigenvalue weighted by Gasteiger charge is 2.31. The van der Waals surface area contributed by atoms with Crippen LogP contribution < -0.4 is 0 Å². The summed E-state index contributed by atoms with van der Waals surface area (Å²) in [6.45, 7) is 12.1. The van der Waals surface area contributed by atoms with Crippen molar-refractivity contribution in [2.24, 2.45) is 5.92 Å². The van der Waals surface area contributed by atoms with Gasteiger partial charge in [-0.05, 0) is 48.0 Å². The van der Waals surface area contributed by atoms with Crippen LogP contribution in [0.3, 0.4) is 0 Å². The summed E-state index contributed by atoms with van der Waals surface area (Å²) in [7, 11) is 0. The molecule has 6 nitrogen and oxygen atoms in total. The van der Waals surface area contributed by atoms with Crippen LogP contribution in [-0.2, 0) is 14.3 Å². The molecule has 0 heterocycles. The maximum Gasteiger partial charge on any atom is 0.419 e. The Kier molecular flexibility index (Phi) is 6.86. The number of amides is 2. The third-order valence-corrected chi connectivity index (χ3v) is 2.27. The number of aldehydes is 1. The monoisotopic (exact) mass is 301 g/mol. The molecular formula is C15H27NO5. The van der Waals surface area contributed by atoms with E-state index < -0.39 is 23.4 Å². The maximum absolute atomic E-state index is 12.1. The molecule has 0 aromatic rings. The van der Waals surface area contributed by atoms with E-state index in [2.05, 4.69) is 0 Å². The fourth-order valence-electron chi connectivity index (χ4n) is 1.29. The van der Waals surface area contributed by atoms with Crippen LogP contribution >= 0.6 is 0 Å². The number of hydrogen-bond donors (Lipinski definition) is 0. The van der Waals surface area contributed by atoms with E-state index in [1.54, 1.807) is 48.5 Å². The van der Waals surface area contributed by atoms with Crippen LogP contribution in [-0.4, -0.2) is 41.1 Å². The fourth-order valence-corrected chi connectivity index (χ4v) is 1.29. The van der Waals surface area contributed by atoms with Gasteiger partial charge in [0.25, 0.3) is 0 Å². The summed E-state index contributed by atoms with van der Waals surface area (Å²) in [4.78, 5) is 35.8. The van der Waals surface area contributed by atoms with E-state index in [1.165, 1.54) is 0 Å². The molecule has 0 spiro atoms. The molecular weight excluding hydrogens is 274 g/mol. The molecule has 0 saturated carbocycles. The standard InChI is InChI=1S/C15H27NO5/c1-11(10-17)8-9-16(12(18)20-14(2,3)4)13(19)21-15(5,6)7/h10-11H,8-9H2,1-7H3. The van der Waals surface area contributed by atoms with Crippen LogP contribution in [0, 0.1) is 5.92 Å². The van der Waals surface area contributed by atoms with Crippen molar-refractivity contribution in [1.29, 1.82) is 0 Å². The van der Waals surface area contributed by atoms with Crippen molar-refractivity contribution < 1.29 is 23.9 Å². The first kappa shape index (κ1) is 19.4. The quantitative estimate of drug-likeness (QED) is 0.744. The Balaban J connectivity index is 4.95. The summed E-state index contributed by atoms with van der Waals surface area (Å²) in [5, 5.41) is 0. The molecule has 1 atom stereocenters. The molecule has 0 N–H and O–H groups in total. The van der Waals surface area contributed by atoms with E-state index in [4.69, 9.17) is 9.47 Å². The van der Waals surface area contributed by atoms with Gasteiger partial charge in [-0.3, -0.25) is 0 Å². The van der Waals surface area contributed by atoms with Gasteiger partial charge in [0.05, 0.1) is 0 Å². The zero-order valence-corrected chi connectivity index (χ0v) is 14.1. The maximum atomic E-state index is 12.1. The third kappa shape index (κ3) is 9.05. The van der Waals surface area contributed by atoms with Gasteiger partial charge in [-0.1, -0.05) is 6.92 Å². The van der Waals surface area contributed by atoms with E-state index in [0.717, 1.165) is 11.2 Å². The molecule has 0 aliphatic heterocycles. The van der Waals surface area contributed by atoms with Crippen LogP contribution in [0.5, 0.6) is 0 Å².